The minimum Gasteiger partial charge on any atom is -0.392 e. The fourth-order valence-corrected chi connectivity index (χ4v) is 2.31. The highest BCUT2D eigenvalue weighted by atomic mass is 16.6. The second-order valence-corrected chi connectivity index (χ2v) is 5.73. The molecule has 19 heavy (non-hydrogen) atoms. The lowest BCUT2D eigenvalue weighted by Gasteiger charge is -2.36. The predicted octanol–water partition coefficient (Wildman–Crippen LogP) is 1.56. The van der Waals surface area contributed by atoms with Crippen LogP contribution in [0.4, 0.5) is 0 Å². The average Bonchev–Trinajstić information content (AvgIpc) is 2.35. The summed E-state index contributed by atoms with van der Waals surface area (Å²) in [5.41, 5.74) is 5.92. The maximum Gasteiger partial charge on any atom is 0.145 e. The second kappa shape index (κ2) is 7.70. The molecule has 0 aromatic heterocycles. The summed E-state index contributed by atoms with van der Waals surface area (Å²) in [5.74, 6) is 0.562. The molecule has 0 saturated heterocycles. The van der Waals surface area contributed by atoms with E-state index in [0.29, 0.717) is 12.4 Å². The van der Waals surface area contributed by atoms with Gasteiger partial charge >= 0.3 is 0 Å². The number of oxime groups is 1. The van der Waals surface area contributed by atoms with Crippen LogP contribution in [0.2, 0.25) is 0 Å². The van der Waals surface area contributed by atoms with Crippen molar-refractivity contribution in [3.63, 3.8) is 0 Å². The smallest absolute Gasteiger partial charge is 0.145 e. The van der Waals surface area contributed by atoms with E-state index in [1.807, 2.05) is 0 Å². The summed E-state index contributed by atoms with van der Waals surface area (Å²) in [6.45, 7) is 9.10. The van der Waals surface area contributed by atoms with Crippen molar-refractivity contribution in [2.45, 2.75) is 52.6 Å². The fourth-order valence-electron chi connectivity index (χ4n) is 2.31. The van der Waals surface area contributed by atoms with E-state index >= 15 is 0 Å². The van der Waals surface area contributed by atoms with Crippen molar-refractivity contribution in [2.75, 3.05) is 26.2 Å². The molecule has 5 nitrogen and oxygen atoms in total. The van der Waals surface area contributed by atoms with E-state index in [1.54, 1.807) is 0 Å². The van der Waals surface area contributed by atoms with Gasteiger partial charge in [0.05, 0.1) is 0 Å². The SMILES string of the molecule is CCCN(CC)CC(O)CO/N=C(\N)C1(C)CCC1. The van der Waals surface area contributed by atoms with E-state index < -0.39 is 6.10 Å². The number of aliphatic hydroxyl groups is 1. The zero-order valence-electron chi connectivity index (χ0n) is 12.6. The fraction of sp³-hybridized carbons (Fsp3) is 0.929. The topological polar surface area (TPSA) is 71.1 Å². The molecule has 0 aliphatic heterocycles. The lowest BCUT2D eigenvalue weighted by Crippen LogP contribution is -2.40. The maximum absolute atomic E-state index is 9.89. The van der Waals surface area contributed by atoms with Crippen LogP contribution in [0.25, 0.3) is 0 Å². The van der Waals surface area contributed by atoms with Gasteiger partial charge in [-0.2, -0.15) is 0 Å². The Bertz CT molecular complexity index is 290. The number of hydrogen-bond donors (Lipinski definition) is 2. The molecule has 1 rings (SSSR count). The van der Waals surface area contributed by atoms with Crippen LogP contribution in [0.5, 0.6) is 0 Å². The molecule has 1 atom stereocenters. The molecule has 0 aromatic rings. The first-order valence-corrected chi connectivity index (χ1v) is 7.38. The molecule has 0 bridgehead atoms. The van der Waals surface area contributed by atoms with Crippen LogP contribution in [0.15, 0.2) is 5.16 Å². The molecule has 1 saturated carbocycles. The Balaban J connectivity index is 2.26. The van der Waals surface area contributed by atoms with E-state index in [4.69, 9.17) is 10.6 Å². The number of amidine groups is 1. The molecule has 0 aromatic carbocycles. The van der Waals surface area contributed by atoms with Gasteiger partial charge in [-0.1, -0.05) is 32.3 Å². The third-order valence-corrected chi connectivity index (χ3v) is 3.96. The highest BCUT2D eigenvalue weighted by molar-refractivity contribution is 5.86. The zero-order valence-corrected chi connectivity index (χ0v) is 12.6. The predicted molar refractivity (Wildman–Crippen MR) is 77.9 cm³/mol. The van der Waals surface area contributed by atoms with E-state index in [-0.39, 0.29) is 12.0 Å². The van der Waals surface area contributed by atoms with Gasteiger partial charge in [-0.15, -0.1) is 0 Å². The third-order valence-electron chi connectivity index (χ3n) is 3.96. The van der Waals surface area contributed by atoms with E-state index in [2.05, 4.69) is 30.8 Å². The Hall–Kier alpha value is -0.810. The standard InChI is InChI=1S/C14H29N3O2/c1-4-9-17(5-2)10-12(18)11-19-16-13(15)14(3)7-6-8-14/h12,18H,4-11H2,1-3H3,(H2,15,16). The number of nitrogens with two attached hydrogens (primary N) is 1. The molecule has 0 heterocycles. The Morgan fingerprint density at radius 2 is 2.16 bits per heavy atom. The molecule has 1 aliphatic carbocycles. The van der Waals surface area contributed by atoms with Crippen LogP contribution >= 0.6 is 0 Å². The summed E-state index contributed by atoms with van der Waals surface area (Å²) in [7, 11) is 0. The van der Waals surface area contributed by atoms with Crippen molar-refractivity contribution in [3.8, 4) is 0 Å². The van der Waals surface area contributed by atoms with Crippen LogP contribution in [-0.4, -0.2) is 48.2 Å². The van der Waals surface area contributed by atoms with Crippen molar-refractivity contribution in [2.24, 2.45) is 16.3 Å². The van der Waals surface area contributed by atoms with Gasteiger partial charge in [-0.05, 0) is 32.4 Å². The average molecular weight is 271 g/mol. The van der Waals surface area contributed by atoms with Gasteiger partial charge in [0.15, 0.2) is 0 Å². The van der Waals surface area contributed by atoms with Gasteiger partial charge in [0.25, 0.3) is 0 Å². The van der Waals surface area contributed by atoms with Crippen LogP contribution in [0, 0.1) is 5.41 Å². The minimum absolute atomic E-state index is 0.0165. The number of nitrogens with zero attached hydrogens (tertiary/aromatic N) is 2. The minimum atomic E-state index is -0.516. The van der Waals surface area contributed by atoms with Crippen molar-refractivity contribution < 1.29 is 9.94 Å². The molecule has 0 radical (unpaired) electrons. The molecule has 3 N–H and O–H groups in total. The summed E-state index contributed by atoms with van der Waals surface area (Å²) < 4.78 is 0. The van der Waals surface area contributed by atoms with Crippen molar-refractivity contribution in [3.05, 3.63) is 0 Å². The first-order valence-electron chi connectivity index (χ1n) is 7.38. The monoisotopic (exact) mass is 271 g/mol. The van der Waals surface area contributed by atoms with Crippen LogP contribution < -0.4 is 5.73 Å². The second-order valence-electron chi connectivity index (χ2n) is 5.73. The van der Waals surface area contributed by atoms with E-state index in [1.165, 1.54) is 6.42 Å². The summed E-state index contributed by atoms with van der Waals surface area (Å²) in [4.78, 5) is 7.39. The lowest BCUT2D eigenvalue weighted by molar-refractivity contribution is 0.0180. The summed E-state index contributed by atoms with van der Waals surface area (Å²) in [5, 5.41) is 13.8. The molecule has 5 heteroatoms. The molecule has 1 fully saturated rings. The lowest BCUT2D eigenvalue weighted by atomic mass is 9.70. The third kappa shape index (κ3) is 4.99. The first-order chi connectivity index (χ1) is 9.01. The van der Waals surface area contributed by atoms with Crippen LogP contribution in [-0.2, 0) is 4.84 Å². The molecule has 0 amide bonds. The highest BCUT2D eigenvalue weighted by Crippen LogP contribution is 2.40. The van der Waals surface area contributed by atoms with Gasteiger partial charge in [-0.25, -0.2) is 0 Å². The maximum atomic E-state index is 9.89. The first kappa shape index (κ1) is 16.2. The van der Waals surface area contributed by atoms with Crippen LogP contribution in [0.3, 0.4) is 0 Å². The normalized spacial score (nSPS) is 20.2. The zero-order chi connectivity index (χ0) is 14.3. The summed E-state index contributed by atoms with van der Waals surface area (Å²) in [6.07, 6.45) is 3.93. The van der Waals surface area contributed by atoms with Crippen LogP contribution in [0.1, 0.15) is 46.5 Å². The van der Waals surface area contributed by atoms with Crippen molar-refractivity contribution in [1.29, 1.82) is 0 Å². The highest BCUT2D eigenvalue weighted by Gasteiger charge is 2.36. The Labute approximate surface area is 116 Å². The van der Waals surface area contributed by atoms with E-state index in [0.717, 1.165) is 32.4 Å². The van der Waals surface area contributed by atoms with Crippen molar-refractivity contribution >= 4 is 5.84 Å². The molecule has 112 valence electrons. The molecular formula is C14H29N3O2. The molecule has 0 spiro atoms. The van der Waals surface area contributed by atoms with Gasteiger partial charge in [0, 0.05) is 12.0 Å². The van der Waals surface area contributed by atoms with Gasteiger partial charge < -0.3 is 20.6 Å². The number of hydrogen-bond acceptors (Lipinski definition) is 4. The number of likely N-dealkylation sites (N-methyl/N-ethyl adjacent to an activating group) is 1. The number of aliphatic hydroxyl groups excluding tert-OH is 1. The quantitative estimate of drug-likeness (QED) is 0.379. The Morgan fingerprint density at radius 1 is 1.47 bits per heavy atom. The molecular weight excluding hydrogens is 242 g/mol. The Kier molecular flexibility index (Phi) is 6.58. The molecule has 1 unspecified atom stereocenters. The molecule has 1 aliphatic rings. The van der Waals surface area contributed by atoms with Gasteiger partial charge in [-0.3, -0.25) is 0 Å². The van der Waals surface area contributed by atoms with Crippen molar-refractivity contribution in [1.82, 2.24) is 4.90 Å². The van der Waals surface area contributed by atoms with Gasteiger partial charge in [0.2, 0.25) is 0 Å². The van der Waals surface area contributed by atoms with Gasteiger partial charge in [0.1, 0.15) is 18.5 Å². The summed E-state index contributed by atoms with van der Waals surface area (Å²) >= 11 is 0. The summed E-state index contributed by atoms with van der Waals surface area (Å²) in [6, 6.07) is 0. The Morgan fingerprint density at radius 3 is 2.63 bits per heavy atom. The van der Waals surface area contributed by atoms with E-state index in [9.17, 15) is 5.11 Å². The largest absolute Gasteiger partial charge is 0.392 e. The number of rotatable bonds is 9.